The van der Waals surface area contributed by atoms with E-state index in [9.17, 15) is 4.21 Å². The number of guanidine groups is 1. The molecule has 1 atom stereocenters. The Balaban J connectivity index is 1.73. The van der Waals surface area contributed by atoms with E-state index in [2.05, 4.69) is 9.89 Å². The lowest BCUT2D eigenvalue weighted by molar-refractivity contribution is 0.338. The van der Waals surface area contributed by atoms with Crippen molar-refractivity contribution in [2.75, 3.05) is 25.4 Å². The number of hydrogen-bond donors (Lipinski definition) is 1. The van der Waals surface area contributed by atoms with Gasteiger partial charge < -0.3 is 10.6 Å². The zero-order chi connectivity index (χ0) is 14.2. The maximum absolute atomic E-state index is 12.0. The van der Waals surface area contributed by atoms with Crippen molar-refractivity contribution in [1.82, 2.24) is 4.90 Å². The molecule has 0 spiro atoms. The molecule has 0 aliphatic carbocycles. The average molecular weight is 293 g/mol. The molecule has 0 amide bonds. The van der Waals surface area contributed by atoms with Crippen LogP contribution in [-0.2, 0) is 16.6 Å². The standard InChI is InChI=1S/C15H23N3OS/c16-15(18-10-5-2-6-11-18)17-9-12-20(19)13-14-7-3-1-4-8-14/h1,3-4,7-8H,2,5-6,9-13H2,(H2,16,17). The molecule has 1 fully saturated rings. The molecule has 1 aromatic rings. The first kappa shape index (κ1) is 15.0. The van der Waals surface area contributed by atoms with Crippen LogP contribution in [0.1, 0.15) is 24.8 Å². The summed E-state index contributed by atoms with van der Waals surface area (Å²) >= 11 is 0. The number of benzene rings is 1. The Hall–Kier alpha value is -1.36. The Kier molecular flexibility index (Phi) is 6.05. The Morgan fingerprint density at radius 1 is 1.20 bits per heavy atom. The van der Waals surface area contributed by atoms with Gasteiger partial charge in [-0.25, -0.2) is 0 Å². The molecule has 4 nitrogen and oxygen atoms in total. The van der Waals surface area contributed by atoms with Crippen molar-refractivity contribution in [3.05, 3.63) is 35.9 Å². The van der Waals surface area contributed by atoms with Crippen LogP contribution >= 0.6 is 0 Å². The van der Waals surface area contributed by atoms with Gasteiger partial charge in [-0.3, -0.25) is 9.20 Å². The van der Waals surface area contributed by atoms with Crippen LogP contribution in [0.3, 0.4) is 0 Å². The molecule has 1 aliphatic heterocycles. The molecule has 1 aliphatic rings. The summed E-state index contributed by atoms with van der Waals surface area (Å²) in [5.74, 6) is 1.78. The number of likely N-dealkylation sites (tertiary alicyclic amines) is 1. The van der Waals surface area contributed by atoms with E-state index in [0.29, 0.717) is 24.0 Å². The van der Waals surface area contributed by atoms with Gasteiger partial charge in [-0.05, 0) is 24.8 Å². The zero-order valence-corrected chi connectivity index (χ0v) is 12.6. The van der Waals surface area contributed by atoms with Crippen molar-refractivity contribution in [2.45, 2.75) is 25.0 Å². The van der Waals surface area contributed by atoms with Gasteiger partial charge in [0.05, 0.1) is 6.54 Å². The maximum Gasteiger partial charge on any atom is 0.191 e. The minimum Gasteiger partial charge on any atom is -0.370 e. The van der Waals surface area contributed by atoms with Crippen LogP contribution in [0.2, 0.25) is 0 Å². The molecule has 1 aromatic carbocycles. The highest BCUT2D eigenvalue weighted by Gasteiger charge is 2.11. The van der Waals surface area contributed by atoms with Crippen LogP contribution in [0.15, 0.2) is 35.3 Å². The summed E-state index contributed by atoms with van der Waals surface area (Å²) in [6.07, 6.45) is 3.66. The van der Waals surface area contributed by atoms with Crippen molar-refractivity contribution in [3.63, 3.8) is 0 Å². The maximum atomic E-state index is 12.0. The molecule has 20 heavy (non-hydrogen) atoms. The fourth-order valence-corrected chi connectivity index (χ4v) is 3.32. The van der Waals surface area contributed by atoms with Crippen molar-refractivity contribution in [2.24, 2.45) is 10.7 Å². The number of hydrogen-bond acceptors (Lipinski definition) is 2. The van der Waals surface area contributed by atoms with Crippen molar-refractivity contribution in [3.8, 4) is 0 Å². The van der Waals surface area contributed by atoms with Crippen LogP contribution < -0.4 is 5.73 Å². The predicted molar refractivity (Wildman–Crippen MR) is 85.1 cm³/mol. The Bertz CT molecular complexity index is 455. The number of nitrogens with zero attached hydrogens (tertiary/aromatic N) is 2. The summed E-state index contributed by atoms with van der Waals surface area (Å²) in [4.78, 5) is 6.49. The topological polar surface area (TPSA) is 58.7 Å². The smallest absolute Gasteiger partial charge is 0.191 e. The second-order valence-corrected chi connectivity index (χ2v) is 6.64. The van der Waals surface area contributed by atoms with Gasteiger partial charge in [0, 0.05) is 35.4 Å². The van der Waals surface area contributed by atoms with E-state index in [1.807, 2.05) is 30.3 Å². The summed E-state index contributed by atoms with van der Waals surface area (Å²) < 4.78 is 12.0. The van der Waals surface area contributed by atoms with Crippen LogP contribution in [-0.4, -0.2) is 40.5 Å². The van der Waals surface area contributed by atoms with Gasteiger partial charge in [0.2, 0.25) is 0 Å². The molecule has 0 saturated carbocycles. The molecule has 2 N–H and O–H groups in total. The first-order chi connectivity index (χ1) is 9.75. The summed E-state index contributed by atoms with van der Waals surface area (Å²) in [6.45, 7) is 2.55. The largest absolute Gasteiger partial charge is 0.370 e. The molecular weight excluding hydrogens is 270 g/mol. The lowest BCUT2D eigenvalue weighted by Gasteiger charge is -2.27. The third kappa shape index (κ3) is 4.96. The molecule has 0 bridgehead atoms. The summed E-state index contributed by atoms with van der Waals surface area (Å²) in [5.41, 5.74) is 7.07. The highest BCUT2D eigenvalue weighted by Crippen LogP contribution is 2.08. The molecule has 1 saturated heterocycles. The number of aliphatic imine (C=N–C) groups is 1. The van der Waals surface area contributed by atoms with E-state index in [4.69, 9.17) is 5.73 Å². The number of rotatable bonds is 5. The van der Waals surface area contributed by atoms with Crippen molar-refractivity contribution >= 4 is 16.8 Å². The van der Waals surface area contributed by atoms with Crippen LogP contribution in [0.4, 0.5) is 0 Å². The lowest BCUT2D eigenvalue weighted by Crippen LogP contribution is -2.41. The zero-order valence-electron chi connectivity index (χ0n) is 11.8. The van der Waals surface area contributed by atoms with E-state index in [-0.39, 0.29) is 0 Å². The molecule has 0 radical (unpaired) electrons. The molecule has 1 heterocycles. The quantitative estimate of drug-likeness (QED) is 0.664. The first-order valence-electron chi connectivity index (χ1n) is 7.19. The summed E-state index contributed by atoms with van der Waals surface area (Å²) in [6, 6.07) is 9.92. The minimum atomic E-state index is -0.874. The first-order valence-corrected chi connectivity index (χ1v) is 8.68. The molecule has 1 unspecified atom stereocenters. The number of nitrogens with two attached hydrogens (primary N) is 1. The van der Waals surface area contributed by atoms with E-state index >= 15 is 0 Å². The Labute approximate surface area is 123 Å². The monoisotopic (exact) mass is 293 g/mol. The number of piperidine rings is 1. The van der Waals surface area contributed by atoms with Gasteiger partial charge in [0.1, 0.15) is 0 Å². The fraction of sp³-hybridized carbons (Fsp3) is 0.533. The third-order valence-corrected chi connectivity index (χ3v) is 4.74. The highest BCUT2D eigenvalue weighted by atomic mass is 32.2. The minimum absolute atomic E-state index is 0.543. The van der Waals surface area contributed by atoms with Gasteiger partial charge in [0.25, 0.3) is 0 Å². The molecular formula is C15H23N3OS. The van der Waals surface area contributed by atoms with Gasteiger partial charge in [-0.2, -0.15) is 0 Å². The van der Waals surface area contributed by atoms with Crippen molar-refractivity contribution in [1.29, 1.82) is 0 Å². The molecule has 5 heteroatoms. The average Bonchev–Trinajstić information content (AvgIpc) is 2.49. The fourth-order valence-electron chi connectivity index (χ4n) is 2.32. The van der Waals surface area contributed by atoms with E-state index in [1.54, 1.807) is 0 Å². The van der Waals surface area contributed by atoms with Crippen LogP contribution in [0.5, 0.6) is 0 Å². The van der Waals surface area contributed by atoms with E-state index < -0.39 is 10.8 Å². The third-order valence-electron chi connectivity index (χ3n) is 3.44. The highest BCUT2D eigenvalue weighted by molar-refractivity contribution is 7.84. The van der Waals surface area contributed by atoms with E-state index in [0.717, 1.165) is 18.7 Å². The van der Waals surface area contributed by atoms with Gasteiger partial charge in [-0.15, -0.1) is 0 Å². The molecule has 110 valence electrons. The second kappa shape index (κ2) is 8.04. The lowest BCUT2D eigenvalue weighted by atomic mass is 10.1. The Morgan fingerprint density at radius 2 is 1.90 bits per heavy atom. The van der Waals surface area contributed by atoms with Gasteiger partial charge >= 0.3 is 0 Å². The molecule has 0 aromatic heterocycles. The van der Waals surface area contributed by atoms with Crippen LogP contribution in [0.25, 0.3) is 0 Å². The van der Waals surface area contributed by atoms with Gasteiger partial charge in [-0.1, -0.05) is 30.3 Å². The predicted octanol–water partition coefficient (Wildman–Crippen LogP) is 1.74. The molecule has 2 rings (SSSR count). The SMILES string of the molecule is NC(=NCCS(=O)Cc1ccccc1)N1CCCCC1. The second-order valence-electron chi connectivity index (χ2n) is 5.06. The normalized spacial score (nSPS) is 18.0. The van der Waals surface area contributed by atoms with E-state index in [1.165, 1.54) is 19.3 Å². The van der Waals surface area contributed by atoms with Gasteiger partial charge in [0.15, 0.2) is 5.96 Å². The Morgan fingerprint density at radius 3 is 2.60 bits per heavy atom. The van der Waals surface area contributed by atoms with Crippen LogP contribution in [0, 0.1) is 0 Å². The summed E-state index contributed by atoms with van der Waals surface area (Å²) in [5, 5.41) is 0. The summed E-state index contributed by atoms with van der Waals surface area (Å²) in [7, 11) is -0.874. The van der Waals surface area contributed by atoms with Crippen molar-refractivity contribution < 1.29 is 4.21 Å².